The van der Waals surface area contributed by atoms with Gasteiger partial charge in [0.2, 0.25) is 0 Å². The number of allylic oxidation sites excluding steroid dienone is 16. The molecule has 0 aliphatic heterocycles. The number of quaternary nitrogens is 1. The lowest BCUT2D eigenvalue weighted by atomic mass is 10.0. The Kier molecular flexibility index (Phi) is 71.0. The normalized spacial score (nSPS) is 13.2. The molecule has 93 heavy (non-hydrogen) atoms. The summed E-state index contributed by atoms with van der Waals surface area (Å²) in [5, 5.41) is 9.77. The van der Waals surface area contributed by atoms with E-state index < -0.39 is 24.3 Å². The quantitative estimate of drug-likeness (QED) is 0.0211. The summed E-state index contributed by atoms with van der Waals surface area (Å²) in [6, 6.07) is 0. The molecule has 0 aromatic carbocycles. The van der Waals surface area contributed by atoms with Crippen LogP contribution < -0.4 is 0 Å². The van der Waals surface area contributed by atoms with E-state index in [1.54, 1.807) is 0 Å². The van der Waals surface area contributed by atoms with E-state index in [9.17, 15) is 19.5 Å². The topological polar surface area (TPSA) is 108 Å². The van der Waals surface area contributed by atoms with Crippen molar-refractivity contribution < 1.29 is 42.9 Å². The highest BCUT2D eigenvalue weighted by atomic mass is 16.7. The number of unbranched alkanes of at least 4 members (excludes halogenated alkanes) is 42. The van der Waals surface area contributed by atoms with Gasteiger partial charge in [-0.25, -0.2) is 4.79 Å². The fraction of sp³-hybridized carbons (Fsp3) is 0.774. The number of carboxylic acids is 1. The first-order chi connectivity index (χ1) is 45.6. The molecule has 0 aliphatic rings. The predicted molar refractivity (Wildman–Crippen MR) is 401 cm³/mol. The molecule has 0 amide bonds. The summed E-state index contributed by atoms with van der Waals surface area (Å²) in [5.74, 6) is -1.99. The molecule has 0 saturated heterocycles. The van der Waals surface area contributed by atoms with Crippen molar-refractivity contribution in [3.63, 3.8) is 0 Å². The number of esters is 2. The van der Waals surface area contributed by atoms with Crippen molar-refractivity contribution in [1.29, 1.82) is 0 Å². The molecule has 0 saturated carbocycles. The summed E-state index contributed by atoms with van der Waals surface area (Å²) in [6.45, 7) is 4.79. The van der Waals surface area contributed by atoms with Gasteiger partial charge in [-0.1, -0.05) is 349 Å². The lowest BCUT2D eigenvalue weighted by Gasteiger charge is -2.25. The Labute approximate surface area is 575 Å². The highest BCUT2D eigenvalue weighted by Gasteiger charge is 2.25. The first kappa shape index (κ1) is 89.2. The van der Waals surface area contributed by atoms with Gasteiger partial charge in [-0.2, -0.15) is 0 Å². The number of hydrogen-bond acceptors (Lipinski definition) is 7. The number of ether oxygens (including phenoxy) is 4. The molecule has 9 nitrogen and oxygen atoms in total. The minimum atomic E-state index is -1.51. The van der Waals surface area contributed by atoms with Crippen LogP contribution in [0.1, 0.15) is 361 Å². The standard InChI is InChI=1S/C84H149NO8/c1-6-8-10-12-14-16-18-20-22-24-26-28-30-32-34-36-37-38-39-40-41-42-43-44-45-47-48-50-52-54-56-58-60-62-64-66-68-70-72-74-81(86)91-78-80(79-92-84(83(88)89)90-77-76-85(3,4)5)93-82(87)75-73-71-69-67-65-63-61-59-57-55-53-51-49-46-35-33-31-29-27-25-23-21-19-17-15-13-11-9-7-2/h9,11,15,17-18,20-21,23-24,26-27,29-30,32-33,35,80,84H,6-8,10,12-14,16,19,22,25,28,31,34,36-79H2,1-5H3/p+1/b11-9-,17-15-,20-18-,23-21-,26-24-,29-27-,32-30-,35-33-. The fourth-order valence-corrected chi connectivity index (χ4v) is 11.3. The summed E-state index contributed by atoms with van der Waals surface area (Å²) >= 11 is 0. The predicted octanol–water partition coefficient (Wildman–Crippen LogP) is 25.1. The summed E-state index contributed by atoms with van der Waals surface area (Å²) in [6.07, 6.45) is 99.8. The average Bonchev–Trinajstić information content (AvgIpc) is 3.74. The van der Waals surface area contributed by atoms with Crippen molar-refractivity contribution >= 4 is 17.9 Å². The maximum atomic E-state index is 13.0. The molecule has 0 bridgehead atoms. The van der Waals surface area contributed by atoms with Gasteiger partial charge in [0.25, 0.3) is 6.29 Å². The molecule has 0 aromatic rings. The van der Waals surface area contributed by atoms with Gasteiger partial charge < -0.3 is 28.5 Å². The molecule has 538 valence electrons. The molecule has 2 atom stereocenters. The lowest BCUT2D eigenvalue weighted by molar-refractivity contribution is -0.870. The highest BCUT2D eigenvalue weighted by Crippen LogP contribution is 2.19. The molecule has 0 fully saturated rings. The second kappa shape index (κ2) is 74.0. The minimum absolute atomic E-state index is 0.182. The van der Waals surface area contributed by atoms with Gasteiger partial charge in [0.1, 0.15) is 13.2 Å². The van der Waals surface area contributed by atoms with Gasteiger partial charge in [-0.15, -0.1) is 0 Å². The van der Waals surface area contributed by atoms with E-state index in [0.29, 0.717) is 17.4 Å². The Balaban J connectivity index is 3.99. The van der Waals surface area contributed by atoms with Crippen LogP contribution in [0.4, 0.5) is 0 Å². The number of carbonyl (C=O) groups excluding carboxylic acids is 2. The van der Waals surface area contributed by atoms with E-state index in [0.717, 1.165) is 83.5 Å². The van der Waals surface area contributed by atoms with E-state index in [4.69, 9.17) is 18.9 Å². The summed E-state index contributed by atoms with van der Waals surface area (Å²) in [5.41, 5.74) is 0. The second-order valence-corrected chi connectivity index (χ2v) is 27.6. The van der Waals surface area contributed by atoms with Gasteiger partial charge in [0, 0.05) is 12.8 Å². The van der Waals surface area contributed by atoms with Crippen LogP contribution in [0, 0.1) is 0 Å². The molecule has 0 aliphatic carbocycles. The minimum Gasteiger partial charge on any atom is -0.477 e. The van der Waals surface area contributed by atoms with E-state index in [1.807, 2.05) is 21.1 Å². The number of aliphatic carboxylic acids is 1. The van der Waals surface area contributed by atoms with Crippen molar-refractivity contribution in [1.82, 2.24) is 0 Å². The van der Waals surface area contributed by atoms with E-state index >= 15 is 0 Å². The summed E-state index contributed by atoms with van der Waals surface area (Å²) in [7, 11) is 5.99. The Morgan fingerprint density at radius 1 is 0.333 bits per heavy atom. The van der Waals surface area contributed by atoms with Crippen LogP contribution in [-0.4, -0.2) is 87.4 Å². The van der Waals surface area contributed by atoms with Gasteiger partial charge in [0.05, 0.1) is 34.4 Å². The third-order valence-electron chi connectivity index (χ3n) is 17.3. The van der Waals surface area contributed by atoms with Crippen LogP contribution in [0.5, 0.6) is 0 Å². The number of rotatable bonds is 73. The molecule has 0 rings (SSSR count). The molecule has 1 N–H and O–H groups in total. The Hall–Kier alpha value is -3.79. The Morgan fingerprint density at radius 3 is 0.914 bits per heavy atom. The van der Waals surface area contributed by atoms with Crippen LogP contribution in [0.25, 0.3) is 0 Å². The van der Waals surface area contributed by atoms with Crippen LogP contribution in [0.2, 0.25) is 0 Å². The van der Waals surface area contributed by atoms with Gasteiger partial charge >= 0.3 is 17.9 Å². The highest BCUT2D eigenvalue weighted by molar-refractivity contribution is 5.71. The Morgan fingerprint density at radius 2 is 0.613 bits per heavy atom. The van der Waals surface area contributed by atoms with E-state index in [1.165, 1.54) is 250 Å². The monoisotopic (exact) mass is 1300 g/mol. The van der Waals surface area contributed by atoms with Crippen LogP contribution in [0.3, 0.4) is 0 Å². The smallest absolute Gasteiger partial charge is 0.361 e. The van der Waals surface area contributed by atoms with Crippen LogP contribution in [-0.2, 0) is 33.3 Å². The summed E-state index contributed by atoms with van der Waals surface area (Å²) in [4.78, 5) is 37.7. The average molecular weight is 1300 g/mol. The van der Waals surface area contributed by atoms with Gasteiger partial charge in [0.15, 0.2) is 6.10 Å². The fourth-order valence-electron chi connectivity index (χ4n) is 11.3. The van der Waals surface area contributed by atoms with Gasteiger partial charge in [-0.05, 0) is 96.3 Å². The van der Waals surface area contributed by atoms with E-state index in [-0.39, 0.29) is 32.2 Å². The molecule has 9 heteroatoms. The van der Waals surface area contributed by atoms with Crippen molar-refractivity contribution in [3.05, 3.63) is 97.2 Å². The Bertz CT molecular complexity index is 1850. The third kappa shape index (κ3) is 75.5. The number of hydrogen-bond donors (Lipinski definition) is 1. The van der Waals surface area contributed by atoms with Crippen molar-refractivity contribution in [2.75, 3.05) is 47.5 Å². The first-order valence-electron chi connectivity index (χ1n) is 39.4. The number of carbonyl (C=O) groups is 3. The second-order valence-electron chi connectivity index (χ2n) is 27.6. The largest absolute Gasteiger partial charge is 0.477 e. The summed E-state index contributed by atoms with van der Waals surface area (Å²) < 4.78 is 23.0. The molecule has 0 heterocycles. The maximum absolute atomic E-state index is 13.0. The lowest BCUT2D eigenvalue weighted by Crippen LogP contribution is -2.40. The van der Waals surface area contributed by atoms with Crippen molar-refractivity contribution in [2.24, 2.45) is 0 Å². The number of likely N-dealkylation sites (N-methyl/N-ethyl adjacent to an activating group) is 1. The molecule has 0 aromatic heterocycles. The van der Waals surface area contributed by atoms with Crippen LogP contribution >= 0.6 is 0 Å². The number of carboxylic acid groups (broad SMARTS) is 1. The molecule has 2 unspecified atom stereocenters. The zero-order chi connectivity index (χ0) is 67.5. The third-order valence-corrected chi connectivity index (χ3v) is 17.3. The molecule has 0 radical (unpaired) electrons. The SMILES string of the molecule is CC/C=C\C/C=C\C/C=C\C/C=C\C/C=C\CCCCCCCCCCCCCCCC(=O)OC(COC(=O)CCCCCCCCCCCCCCCCCCCCCCCCCC/C=C\C/C=C\C/C=C\CCCCCCC)COC(OCC[N+](C)(C)C)C(=O)O. The first-order valence-corrected chi connectivity index (χ1v) is 39.4. The van der Waals surface area contributed by atoms with Crippen molar-refractivity contribution in [2.45, 2.75) is 373 Å². The van der Waals surface area contributed by atoms with Crippen molar-refractivity contribution in [3.8, 4) is 0 Å². The van der Waals surface area contributed by atoms with Gasteiger partial charge in [-0.3, -0.25) is 9.59 Å². The number of nitrogens with zero attached hydrogens (tertiary/aromatic N) is 1. The van der Waals surface area contributed by atoms with Crippen LogP contribution in [0.15, 0.2) is 97.2 Å². The van der Waals surface area contributed by atoms with E-state index in [2.05, 4.69) is 111 Å². The maximum Gasteiger partial charge on any atom is 0.361 e. The zero-order valence-electron chi connectivity index (χ0n) is 61.7. The molecular weight excluding hydrogens is 1150 g/mol. The molecular formula is C84H150NO8+. The molecule has 0 spiro atoms. The zero-order valence-corrected chi connectivity index (χ0v) is 61.7.